The van der Waals surface area contributed by atoms with Crippen molar-refractivity contribution in [1.82, 2.24) is 0 Å². The number of hydrogen-bond donors (Lipinski definition) is 0. The van der Waals surface area contributed by atoms with Crippen molar-refractivity contribution in [3.05, 3.63) is 12.7 Å². The molecule has 130 valence electrons. The minimum absolute atomic E-state index is 0.0589. The molecule has 0 heterocycles. The standard InChI is InChI=1S/C17H34O4Si/c1-6-11-12-13-16(21-17(18)7-2)14-15-22(10-5,19-8-3)20-9-4/h7,16H,2,6,8-15H2,1,3-5H3. The number of carbonyl (C=O) groups is 1. The van der Waals surface area contributed by atoms with Gasteiger partial charge < -0.3 is 13.6 Å². The SMILES string of the molecule is C=CC(=O)OC(CCCCC)CC[Si](CC)(OCC)OCC. The van der Waals surface area contributed by atoms with Gasteiger partial charge in [-0.25, -0.2) is 4.79 Å². The maximum Gasteiger partial charge on any atom is 0.337 e. The van der Waals surface area contributed by atoms with Gasteiger partial charge in [0.1, 0.15) is 6.10 Å². The molecule has 0 spiro atoms. The molecule has 0 aliphatic heterocycles. The van der Waals surface area contributed by atoms with E-state index in [1.54, 1.807) is 0 Å². The third-order valence-corrected chi connectivity index (χ3v) is 7.54. The van der Waals surface area contributed by atoms with E-state index in [-0.39, 0.29) is 12.1 Å². The molecule has 0 N–H and O–H groups in total. The lowest BCUT2D eigenvalue weighted by Crippen LogP contribution is -2.42. The molecule has 0 aliphatic carbocycles. The summed E-state index contributed by atoms with van der Waals surface area (Å²) < 4.78 is 17.5. The lowest BCUT2D eigenvalue weighted by molar-refractivity contribution is -0.143. The van der Waals surface area contributed by atoms with E-state index in [9.17, 15) is 4.79 Å². The smallest absolute Gasteiger partial charge is 0.337 e. The van der Waals surface area contributed by atoms with Gasteiger partial charge in [0.2, 0.25) is 0 Å². The molecule has 0 aliphatic rings. The molecule has 0 aromatic heterocycles. The van der Waals surface area contributed by atoms with Gasteiger partial charge in [0.25, 0.3) is 0 Å². The van der Waals surface area contributed by atoms with Crippen molar-refractivity contribution in [3.63, 3.8) is 0 Å². The van der Waals surface area contributed by atoms with Gasteiger partial charge in [-0.3, -0.25) is 0 Å². The highest BCUT2D eigenvalue weighted by atomic mass is 28.4. The van der Waals surface area contributed by atoms with Crippen LogP contribution in [0.5, 0.6) is 0 Å². The first-order chi connectivity index (χ1) is 10.6. The zero-order valence-electron chi connectivity index (χ0n) is 14.9. The van der Waals surface area contributed by atoms with Crippen LogP contribution in [0.4, 0.5) is 0 Å². The summed E-state index contributed by atoms with van der Waals surface area (Å²) >= 11 is 0. The van der Waals surface area contributed by atoms with E-state index in [0.717, 1.165) is 44.2 Å². The van der Waals surface area contributed by atoms with Crippen molar-refractivity contribution in [3.8, 4) is 0 Å². The van der Waals surface area contributed by atoms with Gasteiger partial charge in [0.15, 0.2) is 0 Å². The zero-order valence-corrected chi connectivity index (χ0v) is 15.9. The molecule has 0 amide bonds. The Balaban J connectivity index is 4.64. The van der Waals surface area contributed by atoms with E-state index in [1.807, 2.05) is 13.8 Å². The molecule has 0 saturated carbocycles. The van der Waals surface area contributed by atoms with Crippen LogP contribution in [0.25, 0.3) is 0 Å². The molecule has 4 nitrogen and oxygen atoms in total. The molecule has 0 fully saturated rings. The van der Waals surface area contributed by atoms with E-state index in [0.29, 0.717) is 13.2 Å². The highest BCUT2D eigenvalue weighted by Gasteiger charge is 2.35. The monoisotopic (exact) mass is 330 g/mol. The van der Waals surface area contributed by atoms with E-state index in [4.69, 9.17) is 13.6 Å². The Morgan fingerprint density at radius 3 is 2.18 bits per heavy atom. The van der Waals surface area contributed by atoms with Crippen molar-refractivity contribution in [1.29, 1.82) is 0 Å². The predicted octanol–water partition coefficient (Wildman–Crippen LogP) is 4.59. The quantitative estimate of drug-likeness (QED) is 0.202. The predicted molar refractivity (Wildman–Crippen MR) is 93.1 cm³/mol. The second-order valence-electron chi connectivity index (χ2n) is 5.43. The molecular weight excluding hydrogens is 296 g/mol. The van der Waals surface area contributed by atoms with Crippen molar-refractivity contribution in [2.24, 2.45) is 0 Å². The Bertz CT molecular complexity index is 301. The number of carbonyl (C=O) groups excluding carboxylic acids is 1. The second-order valence-corrected chi connectivity index (χ2v) is 9.03. The highest BCUT2D eigenvalue weighted by molar-refractivity contribution is 6.67. The Kier molecular flexibility index (Phi) is 12.5. The Labute approximate surface area is 137 Å². The summed E-state index contributed by atoms with van der Waals surface area (Å²) in [5.41, 5.74) is 0. The summed E-state index contributed by atoms with van der Waals surface area (Å²) in [7, 11) is -2.16. The van der Waals surface area contributed by atoms with Gasteiger partial charge in [-0.15, -0.1) is 0 Å². The Morgan fingerprint density at radius 1 is 1.09 bits per heavy atom. The molecule has 1 atom stereocenters. The van der Waals surface area contributed by atoms with Crippen LogP contribution in [0, 0.1) is 0 Å². The van der Waals surface area contributed by atoms with Gasteiger partial charge in [0.05, 0.1) is 0 Å². The average Bonchev–Trinajstić information content (AvgIpc) is 2.52. The topological polar surface area (TPSA) is 44.8 Å². The Hall–Kier alpha value is -0.653. The molecule has 22 heavy (non-hydrogen) atoms. The minimum Gasteiger partial charge on any atom is -0.459 e. The normalized spacial score (nSPS) is 12.9. The molecule has 5 heteroatoms. The first-order valence-electron chi connectivity index (χ1n) is 8.68. The number of rotatable bonds is 14. The maximum absolute atomic E-state index is 11.5. The van der Waals surface area contributed by atoms with Crippen LogP contribution in [0.15, 0.2) is 12.7 Å². The number of esters is 1. The summed E-state index contributed by atoms with van der Waals surface area (Å²) in [6, 6.07) is 1.79. The van der Waals surface area contributed by atoms with Crippen molar-refractivity contribution < 1.29 is 18.4 Å². The van der Waals surface area contributed by atoms with Gasteiger partial charge in [0, 0.05) is 19.3 Å². The van der Waals surface area contributed by atoms with E-state index >= 15 is 0 Å². The third-order valence-electron chi connectivity index (χ3n) is 3.78. The molecule has 0 aromatic carbocycles. The fraction of sp³-hybridized carbons (Fsp3) is 0.824. The molecule has 0 radical (unpaired) electrons. The highest BCUT2D eigenvalue weighted by Crippen LogP contribution is 2.24. The minimum atomic E-state index is -2.16. The van der Waals surface area contributed by atoms with Gasteiger partial charge in [-0.2, -0.15) is 0 Å². The average molecular weight is 331 g/mol. The van der Waals surface area contributed by atoms with Crippen LogP contribution in [0.3, 0.4) is 0 Å². The number of unbranched alkanes of at least 4 members (excludes halogenated alkanes) is 2. The molecule has 0 rings (SSSR count). The van der Waals surface area contributed by atoms with E-state index < -0.39 is 8.56 Å². The van der Waals surface area contributed by atoms with E-state index in [1.165, 1.54) is 6.08 Å². The molecule has 0 aromatic rings. The van der Waals surface area contributed by atoms with Crippen LogP contribution in [0.1, 0.15) is 59.8 Å². The third kappa shape index (κ3) is 8.71. The van der Waals surface area contributed by atoms with Crippen LogP contribution in [-0.4, -0.2) is 33.8 Å². The van der Waals surface area contributed by atoms with Crippen LogP contribution in [0.2, 0.25) is 12.1 Å². The van der Waals surface area contributed by atoms with Gasteiger partial charge in [-0.1, -0.05) is 33.3 Å². The maximum atomic E-state index is 11.5. The number of ether oxygens (including phenoxy) is 1. The lowest BCUT2D eigenvalue weighted by atomic mass is 10.1. The van der Waals surface area contributed by atoms with Gasteiger partial charge >= 0.3 is 14.5 Å². The Morgan fingerprint density at radius 2 is 1.73 bits per heavy atom. The van der Waals surface area contributed by atoms with Crippen LogP contribution >= 0.6 is 0 Å². The zero-order chi connectivity index (χ0) is 16.8. The fourth-order valence-electron chi connectivity index (χ4n) is 2.57. The van der Waals surface area contributed by atoms with Crippen molar-refractivity contribution >= 4 is 14.5 Å². The van der Waals surface area contributed by atoms with Gasteiger partial charge in [-0.05, 0) is 45.2 Å². The van der Waals surface area contributed by atoms with Crippen molar-refractivity contribution in [2.75, 3.05) is 13.2 Å². The summed E-state index contributed by atoms with van der Waals surface area (Å²) in [5.74, 6) is -0.335. The lowest BCUT2D eigenvalue weighted by Gasteiger charge is -2.30. The van der Waals surface area contributed by atoms with Crippen molar-refractivity contribution in [2.45, 2.75) is 78.0 Å². The summed E-state index contributed by atoms with van der Waals surface area (Å²) in [5, 5.41) is 0. The number of hydrogen-bond acceptors (Lipinski definition) is 4. The summed E-state index contributed by atoms with van der Waals surface area (Å²) in [6.07, 6.45) is 6.29. The largest absolute Gasteiger partial charge is 0.459 e. The van der Waals surface area contributed by atoms with E-state index in [2.05, 4.69) is 20.4 Å². The first kappa shape index (κ1) is 21.3. The molecule has 0 saturated heterocycles. The molecular formula is C17H34O4Si. The molecule has 0 bridgehead atoms. The molecule has 1 unspecified atom stereocenters. The first-order valence-corrected chi connectivity index (χ1v) is 10.9. The summed E-state index contributed by atoms with van der Waals surface area (Å²) in [6.45, 7) is 13.1. The van der Waals surface area contributed by atoms with Crippen LogP contribution in [-0.2, 0) is 18.4 Å². The summed E-state index contributed by atoms with van der Waals surface area (Å²) in [4.78, 5) is 11.5. The second kappa shape index (κ2) is 12.8. The van der Waals surface area contributed by atoms with Crippen LogP contribution < -0.4 is 0 Å². The fourth-order valence-corrected chi connectivity index (χ4v) is 5.52.